The minimum atomic E-state index is -3.77. The summed E-state index contributed by atoms with van der Waals surface area (Å²) in [4.78, 5) is 17.9. The fourth-order valence-corrected chi connectivity index (χ4v) is 5.29. The molecule has 2 heterocycles. The van der Waals surface area contributed by atoms with Crippen LogP contribution < -0.4 is 0 Å². The zero-order valence-corrected chi connectivity index (χ0v) is 17.9. The van der Waals surface area contributed by atoms with Gasteiger partial charge in [0, 0.05) is 49.3 Å². The number of halogens is 1. The molecule has 1 aliphatic heterocycles. The lowest BCUT2D eigenvalue weighted by Crippen LogP contribution is -2.42. The standard InChI is InChI=1S/C19H24ClN3O4S/c1-19(2,3)27-18(24)22(4)14-8-9-23(12-14)28(25,26)16-7-5-6-13-10-21-11-15(20)17(13)16/h5-7,10-11,14H,8-9,12H2,1-4H3. The molecule has 0 saturated carbocycles. The van der Waals surface area contributed by atoms with Crippen molar-refractivity contribution in [2.75, 3.05) is 20.1 Å². The van der Waals surface area contributed by atoms with Crippen LogP contribution in [-0.4, -0.2) is 60.5 Å². The van der Waals surface area contributed by atoms with Gasteiger partial charge >= 0.3 is 6.09 Å². The molecule has 0 aliphatic carbocycles. The van der Waals surface area contributed by atoms with E-state index in [1.807, 2.05) is 0 Å². The average molecular weight is 426 g/mol. The highest BCUT2D eigenvalue weighted by Crippen LogP contribution is 2.32. The van der Waals surface area contributed by atoms with Gasteiger partial charge in [0.05, 0.1) is 9.92 Å². The maximum atomic E-state index is 13.3. The summed E-state index contributed by atoms with van der Waals surface area (Å²) in [5, 5.41) is 1.41. The van der Waals surface area contributed by atoms with Gasteiger partial charge in [-0.1, -0.05) is 23.7 Å². The van der Waals surface area contributed by atoms with Crippen LogP contribution in [0.2, 0.25) is 5.02 Å². The van der Waals surface area contributed by atoms with Crippen LogP contribution in [0.4, 0.5) is 4.79 Å². The quantitative estimate of drug-likeness (QED) is 0.751. The van der Waals surface area contributed by atoms with Crippen molar-refractivity contribution in [3.05, 3.63) is 35.6 Å². The molecule has 0 bridgehead atoms. The van der Waals surface area contributed by atoms with E-state index in [1.54, 1.807) is 52.2 Å². The fraction of sp³-hybridized carbons (Fsp3) is 0.474. The minimum Gasteiger partial charge on any atom is -0.444 e. The van der Waals surface area contributed by atoms with Gasteiger partial charge in [-0.25, -0.2) is 13.2 Å². The van der Waals surface area contributed by atoms with Crippen LogP contribution in [0.1, 0.15) is 27.2 Å². The number of hydrogen-bond donors (Lipinski definition) is 0. The number of carbonyl (C=O) groups excluding carboxylic acids is 1. The molecule has 1 aromatic heterocycles. The van der Waals surface area contributed by atoms with Crippen molar-refractivity contribution in [1.29, 1.82) is 0 Å². The second-order valence-electron chi connectivity index (χ2n) is 7.87. The van der Waals surface area contributed by atoms with Crippen molar-refractivity contribution in [3.8, 4) is 0 Å². The molecule has 1 fully saturated rings. The molecular weight excluding hydrogens is 402 g/mol. The van der Waals surface area contributed by atoms with Crippen LogP contribution >= 0.6 is 11.6 Å². The lowest BCUT2D eigenvalue weighted by Gasteiger charge is -2.28. The van der Waals surface area contributed by atoms with E-state index in [2.05, 4.69) is 4.98 Å². The molecule has 1 unspecified atom stereocenters. The van der Waals surface area contributed by atoms with Crippen LogP contribution in [0, 0.1) is 0 Å². The summed E-state index contributed by atoms with van der Waals surface area (Å²) in [6, 6.07) is 4.75. The molecule has 0 spiro atoms. The molecular formula is C19H24ClN3O4S. The number of ether oxygens (including phenoxy) is 1. The number of likely N-dealkylation sites (N-methyl/N-ethyl adjacent to an activating group) is 1. The number of aromatic nitrogens is 1. The Bertz CT molecular complexity index is 999. The van der Waals surface area contributed by atoms with E-state index in [0.717, 1.165) is 0 Å². The largest absolute Gasteiger partial charge is 0.444 e. The molecule has 1 atom stereocenters. The zero-order valence-electron chi connectivity index (χ0n) is 16.3. The monoisotopic (exact) mass is 425 g/mol. The van der Waals surface area contributed by atoms with Gasteiger partial charge in [-0.3, -0.25) is 4.98 Å². The topological polar surface area (TPSA) is 79.8 Å². The molecule has 1 aliphatic rings. The SMILES string of the molecule is CN(C(=O)OC(C)(C)C)C1CCN(S(=O)(=O)c2cccc3cncc(Cl)c23)C1. The Kier molecular flexibility index (Phi) is 5.58. The fourth-order valence-electron chi connectivity index (χ4n) is 3.24. The Morgan fingerprint density at radius 1 is 1.32 bits per heavy atom. The van der Waals surface area contributed by atoms with Crippen molar-refractivity contribution in [2.24, 2.45) is 0 Å². The highest BCUT2D eigenvalue weighted by Gasteiger charge is 2.37. The molecule has 7 nitrogen and oxygen atoms in total. The summed E-state index contributed by atoms with van der Waals surface area (Å²) in [7, 11) is -2.14. The number of nitrogens with zero attached hydrogens (tertiary/aromatic N) is 3. The third kappa shape index (κ3) is 4.09. The number of pyridine rings is 1. The summed E-state index contributed by atoms with van der Waals surface area (Å²) in [6.07, 6.45) is 3.10. The smallest absolute Gasteiger partial charge is 0.410 e. The Labute approximate surface area is 170 Å². The number of benzene rings is 1. The summed E-state index contributed by atoms with van der Waals surface area (Å²) < 4.78 is 33.3. The number of rotatable bonds is 3. The predicted molar refractivity (Wildman–Crippen MR) is 108 cm³/mol. The average Bonchev–Trinajstić information content (AvgIpc) is 3.10. The van der Waals surface area contributed by atoms with E-state index in [4.69, 9.17) is 16.3 Å². The van der Waals surface area contributed by atoms with Crippen LogP contribution in [-0.2, 0) is 14.8 Å². The molecule has 152 valence electrons. The summed E-state index contributed by atoms with van der Waals surface area (Å²) in [5.74, 6) is 0. The van der Waals surface area contributed by atoms with Gasteiger partial charge in [0.15, 0.2) is 0 Å². The van der Waals surface area contributed by atoms with E-state index < -0.39 is 21.7 Å². The van der Waals surface area contributed by atoms with Gasteiger partial charge < -0.3 is 9.64 Å². The van der Waals surface area contributed by atoms with Crippen molar-refractivity contribution in [1.82, 2.24) is 14.2 Å². The highest BCUT2D eigenvalue weighted by molar-refractivity contribution is 7.89. The predicted octanol–water partition coefficient (Wildman–Crippen LogP) is 3.52. The van der Waals surface area contributed by atoms with E-state index in [-0.39, 0.29) is 17.5 Å². The Morgan fingerprint density at radius 2 is 2.04 bits per heavy atom. The van der Waals surface area contributed by atoms with Crippen molar-refractivity contribution >= 4 is 38.5 Å². The molecule has 28 heavy (non-hydrogen) atoms. The first-order valence-electron chi connectivity index (χ1n) is 8.99. The lowest BCUT2D eigenvalue weighted by atomic mass is 10.2. The number of amides is 1. The maximum absolute atomic E-state index is 13.3. The van der Waals surface area contributed by atoms with Gasteiger partial charge in [0.25, 0.3) is 0 Å². The van der Waals surface area contributed by atoms with Gasteiger partial charge in [0.2, 0.25) is 10.0 Å². The van der Waals surface area contributed by atoms with Gasteiger partial charge in [0.1, 0.15) is 5.60 Å². The first-order valence-corrected chi connectivity index (χ1v) is 10.8. The molecule has 1 aromatic carbocycles. The van der Waals surface area contributed by atoms with Crippen LogP contribution in [0.5, 0.6) is 0 Å². The summed E-state index contributed by atoms with van der Waals surface area (Å²) in [5.41, 5.74) is -0.608. The third-order valence-electron chi connectivity index (χ3n) is 4.67. The van der Waals surface area contributed by atoms with Gasteiger partial charge in [-0.05, 0) is 33.3 Å². The second-order valence-corrected chi connectivity index (χ2v) is 10.2. The van der Waals surface area contributed by atoms with Crippen molar-refractivity contribution in [3.63, 3.8) is 0 Å². The normalized spacial score (nSPS) is 18.4. The number of fused-ring (bicyclic) bond motifs is 1. The molecule has 9 heteroatoms. The van der Waals surface area contributed by atoms with Gasteiger partial charge in [-0.15, -0.1) is 0 Å². The number of sulfonamides is 1. The van der Waals surface area contributed by atoms with E-state index >= 15 is 0 Å². The second kappa shape index (κ2) is 7.50. The number of carbonyl (C=O) groups is 1. The molecule has 1 saturated heterocycles. The third-order valence-corrected chi connectivity index (χ3v) is 6.87. The Hall–Kier alpha value is -1.90. The lowest BCUT2D eigenvalue weighted by molar-refractivity contribution is 0.0232. The molecule has 0 N–H and O–H groups in total. The van der Waals surface area contributed by atoms with Crippen LogP contribution in [0.15, 0.2) is 35.5 Å². The first-order chi connectivity index (χ1) is 13.0. The van der Waals surface area contributed by atoms with E-state index in [1.165, 1.54) is 15.4 Å². The zero-order chi connectivity index (χ0) is 20.7. The highest BCUT2D eigenvalue weighted by atomic mass is 35.5. The Balaban J connectivity index is 1.85. The number of hydrogen-bond acceptors (Lipinski definition) is 5. The van der Waals surface area contributed by atoms with Gasteiger partial charge in [-0.2, -0.15) is 4.31 Å². The Morgan fingerprint density at radius 3 is 2.71 bits per heavy atom. The first kappa shape index (κ1) is 20.8. The molecule has 1 amide bonds. The van der Waals surface area contributed by atoms with Crippen LogP contribution in [0.25, 0.3) is 10.8 Å². The minimum absolute atomic E-state index is 0.151. The molecule has 3 rings (SSSR count). The summed E-state index contributed by atoms with van der Waals surface area (Å²) in [6.45, 7) is 5.91. The van der Waals surface area contributed by atoms with E-state index in [0.29, 0.717) is 28.8 Å². The van der Waals surface area contributed by atoms with Crippen molar-refractivity contribution in [2.45, 2.75) is 43.7 Å². The van der Waals surface area contributed by atoms with Crippen LogP contribution in [0.3, 0.4) is 0 Å². The molecule has 0 radical (unpaired) electrons. The molecule has 2 aromatic rings. The maximum Gasteiger partial charge on any atom is 0.410 e. The van der Waals surface area contributed by atoms with Crippen molar-refractivity contribution < 1.29 is 17.9 Å². The summed E-state index contributed by atoms with van der Waals surface area (Å²) >= 11 is 6.24. The van der Waals surface area contributed by atoms with E-state index in [9.17, 15) is 13.2 Å².